The SMILES string of the molecule is CC/C=C\C/C=C\C/C=C\C/C=C\C/C=C\CCCCCCCCCCCCCCCC(=O)OCC(COC(=O)CCC/C=C\C/C=C\C/C=C\C/C=C\C/C=C\CC)OC(=O)CCCCCCCCCCC/C=C\CCCCCCCC. The minimum absolute atomic E-state index is 0.0987. The van der Waals surface area contributed by atoms with Gasteiger partial charge in [0.25, 0.3) is 0 Å². The number of allylic oxidation sites excluding steroid dienone is 22. The first-order chi connectivity index (χ1) is 41.0. The van der Waals surface area contributed by atoms with E-state index < -0.39 is 6.10 Å². The normalized spacial score (nSPS) is 13.0. The van der Waals surface area contributed by atoms with Gasteiger partial charge in [-0.3, -0.25) is 14.4 Å². The molecule has 1 unspecified atom stereocenters. The molecule has 0 amide bonds. The van der Waals surface area contributed by atoms with Gasteiger partial charge < -0.3 is 14.2 Å². The molecule has 0 radical (unpaired) electrons. The third-order valence-corrected chi connectivity index (χ3v) is 14.6. The highest BCUT2D eigenvalue weighted by Gasteiger charge is 2.19. The quantitative estimate of drug-likeness (QED) is 0.0261. The van der Waals surface area contributed by atoms with Crippen molar-refractivity contribution in [2.45, 2.75) is 322 Å². The molecule has 0 bridgehead atoms. The number of hydrogen-bond donors (Lipinski definition) is 0. The van der Waals surface area contributed by atoms with Crippen molar-refractivity contribution in [3.05, 3.63) is 134 Å². The Morgan fingerprint density at radius 1 is 0.253 bits per heavy atom. The van der Waals surface area contributed by atoms with Crippen molar-refractivity contribution >= 4 is 17.9 Å². The molecule has 83 heavy (non-hydrogen) atoms. The molecule has 0 fully saturated rings. The number of hydrogen-bond acceptors (Lipinski definition) is 6. The van der Waals surface area contributed by atoms with Crippen molar-refractivity contribution in [1.29, 1.82) is 0 Å². The van der Waals surface area contributed by atoms with Crippen LogP contribution in [-0.4, -0.2) is 37.2 Å². The van der Waals surface area contributed by atoms with Gasteiger partial charge in [-0.25, -0.2) is 0 Å². The number of esters is 3. The molecule has 0 aromatic heterocycles. The molecule has 6 heteroatoms. The highest BCUT2D eigenvalue weighted by Crippen LogP contribution is 2.16. The smallest absolute Gasteiger partial charge is 0.306 e. The first-order valence-corrected chi connectivity index (χ1v) is 34.7. The summed E-state index contributed by atoms with van der Waals surface area (Å²) in [6.07, 6.45) is 99.0. The van der Waals surface area contributed by atoms with E-state index in [9.17, 15) is 14.4 Å². The van der Waals surface area contributed by atoms with Crippen molar-refractivity contribution in [2.75, 3.05) is 13.2 Å². The van der Waals surface area contributed by atoms with Crippen LogP contribution < -0.4 is 0 Å². The van der Waals surface area contributed by atoms with Gasteiger partial charge in [0.2, 0.25) is 0 Å². The van der Waals surface area contributed by atoms with Crippen molar-refractivity contribution < 1.29 is 28.6 Å². The third-order valence-electron chi connectivity index (χ3n) is 14.6. The summed E-state index contributed by atoms with van der Waals surface area (Å²) in [5.41, 5.74) is 0. The van der Waals surface area contributed by atoms with E-state index in [0.717, 1.165) is 109 Å². The van der Waals surface area contributed by atoms with Crippen molar-refractivity contribution in [3.63, 3.8) is 0 Å². The topological polar surface area (TPSA) is 78.9 Å². The molecule has 0 aromatic rings. The van der Waals surface area contributed by atoms with Gasteiger partial charge in [-0.05, 0) is 128 Å². The van der Waals surface area contributed by atoms with Gasteiger partial charge in [0.15, 0.2) is 6.10 Å². The van der Waals surface area contributed by atoms with Gasteiger partial charge in [0, 0.05) is 19.3 Å². The zero-order valence-corrected chi connectivity index (χ0v) is 54.2. The van der Waals surface area contributed by atoms with E-state index in [-0.39, 0.29) is 37.5 Å². The Balaban J connectivity index is 4.37. The average molecular weight is 1150 g/mol. The Hall–Kier alpha value is -4.45. The van der Waals surface area contributed by atoms with Gasteiger partial charge in [-0.1, -0.05) is 302 Å². The summed E-state index contributed by atoms with van der Waals surface area (Å²) in [5.74, 6) is -0.954. The van der Waals surface area contributed by atoms with Gasteiger partial charge in [0.1, 0.15) is 13.2 Å². The van der Waals surface area contributed by atoms with Crippen molar-refractivity contribution in [3.8, 4) is 0 Å². The maximum Gasteiger partial charge on any atom is 0.306 e. The lowest BCUT2D eigenvalue weighted by molar-refractivity contribution is -0.167. The van der Waals surface area contributed by atoms with Gasteiger partial charge in [0.05, 0.1) is 0 Å². The molecule has 0 aromatic carbocycles. The molecule has 0 heterocycles. The molecule has 0 aliphatic heterocycles. The Labute approximate surface area is 513 Å². The van der Waals surface area contributed by atoms with Crippen LogP contribution in [-0.2, 0) is 28.6 Å². The zero-order valence-electron chi connectivity index (χ0n) is 54.2. The number of rotatable bonds is 62. The summed E-state index contributed by atoms with van der Waals surface area (Å²) < 4.78 is 16.9. The highest BCUT2D eigenvalue weighted by molar-refractivity contribution is 5.71. The van der Waals surface area contributed by atoms with E-state index in [4.69, 9.17) is 14.2 Å². The summed E-state index contributed by atoms with van der Waals surface area (Å²) in [4.78, 5) is 38.4. The first kappa shape index (κ1) is 78.5. The van der Waals surface area contributed by atoms with Gasteiger partial charge in [-0.15, -0.1) is 0 Å². The maximum atomic E-state index is 12.9. The molecular weight excluding hydrogens is 1020 g/mol. The zero-order chi connectivity index (χ0) is 59.9. The monoisotopic (exact) mass is 1150 g/mol. The molecule has 0 spiro atoms. The summed E-state index contributed by atoms with van der Waals surface area (Å²) in [6.45, 7) is 6.38. The Morgan fingerprint density at radius 3 is 0.795 bits per heavy atom. The maximum absolute atomic E-state index is 12.9. The molecule has 0 aliphatic rings. The van der Waals surface area contributed by atoms with Crippen molar-refractivity contribution in [2.24, 2.45) is 0 Å². The van der Waals surface area contributed by atoms with E-state index >= 15 is 0 Å². The van der Waals surface area contributed by atoms with Gasteiger partial charge >= 0.3 is 17.9 Å². The standard InChI is InChI=1S/C77H128O6/c1-4-7-10-13-16-19-22-25-28-31-33-34-35-36-37-38-39-40-41-42-44-46-49-52-55-58-61-64-67-70-76(79)82-73-74(72-81-75(78)69-66-63-60-57-54-51-48-45-30-27-24-21-18-15-12-9-6-3)83-77(80)71-68-65-62-59-56-53-50-47-43-32-29-26-23-20-17-14-11-8-5-2/h7,9-10,12,16,18-19,21,25-30,33-34,36-37,48,51,57,60,74H,4-6,8,11,13-15,17,20,22-24,31-32,35,38-47,49-50,52-56,58-59,61-73H2,1-3H3/b10-7-,12-9-,19-16-,21-18-,28-25-,29-26-,30-27-,34-33-,37-36-,51-48-,60-57-. The Kier molecular flexibility index (Phi) is 66.3. The minimum Gasteiger partial charge on any atom is -0.462 e. The second-order valence-corrected chi connectivity index (χ2v) is 22.7. The fourth-order valence-corrected chi connectivity index (χ4v) is 9.50. The predicted octanol–water partition coefficient (Wildman–Crippen LogP) is 24.1. The van der Waals surface area contributed by atoms with Gasteiger partial charge in [-0.2, -0.15) is 0 Å². The fourth-order valence-electron chi connectivity index (χ4n) is 9.50. The molecule has 0 saturated heterocycles. The van der Waals surface area contributed by atoms with Crippen LogP contribution in [0.25, 0.3) is 0 Å². The van der Waals surface area contributed by atoms with E-state index in [1.807, 2.05) is 0 Å². The van der Waals surface area contributed by atoms with Crippen LogP contribution in [0.4, 0.5) is 0 Å². The second-order valence-electron chi connectivity index (χ2n) is 22.7. The summed E-state index contributed by atoms with van der Waals surface area (Å²) >= 11 is 0. The first-order valence-electron chi connectivity index (χ1n) is 34.7. The van der Waals surface area contributed by atoms with Crippen LogP contribution in [0, 0.1) is 0 Å². The molecule has 1 atom stereocenters. The second kappa shape index (κ2) is 70.0. The number of unbranched alkanes of at least 4 members (excludes halogenated alkanes) is 29. The van der Waals surface area contributed by atoms with E-state index in [1.165, 1.54) is 161 Å². The largest absolute Gasteiger partial charge is 0.462 e. The summed E-state index contributed by atoms with van der Waals surface area (Å²) in [5, 5.41) is 0. The van der Waals surface area contributed by atoms with E-state index in [0.29, 0.717) is 19.3 Å². The molecule has 0 rings (SSSR count). The average Bonchev–Trinajstić information content (AvgIpc) is 3.49. The lowest BCUT2D eigenvalue weighted by atomic mass is 10.0. The van der Waals surface area contributed by atoms with Crippen LogP contribution in [0.2, 0.25) is 0 Å². The van der Waals surface area contributed by atoms with Crippen LogP contribution >= 0.6 is 0 Å². The molecule has 6 nitrogen and oxygen atoms in total. The lowest BCUT2D eigenvalue weighted by Crippen LogP contribution is -2.30. The molecule has 0 N–H and O–H groups in total. The molecular formula is C77H128O6. The van der Waals surface area contributed by atoms with E-state index in [1.54, 1.807) is 0 Å². The highest BCUT2D eigenvalue weighted by atomic mass is 16.6. The summed E-state index contributed by atoms with van der Waals surface area (Å²) in [7, 11) is 0. The summed E-state index contributed by atoms with van der Waals surface area (Å²) in [6, 6.07) is 0. The predicted molar refractivity (Wildman–Crippen MR) is 362 cm³/mol. The Bertz CT molecular complexity index is 1750. The number of ether oxygens (including phenoxy) is 3. The number of carbonyl (C=O) groups excluding carboxylic acids is 3. The number of carbonyl (C=O) groups is 3. The molecule has 0 saturated carbocycles. The van der Waals surface area contributed by atoms with Crippen LogP contribution in [0.5, 0.6) is 0 Å². The van der Waals surface area contributed by atoms with Crippen LogP contribution in [0.3, 0.4) is 0 Å². The minimum atomic E-state index is -0.808. The lowest BCUT2D eigenvalue weighted by Gasteiger charge is -2.18. The third kappa shape index (κ3) is 68.2. The molecule has 0 aliphatic carbocycles. The van der Waals surface area contributed by atoms with Crippen molar-refractivity contribution in [1.82, 2.24) is 0 Å². The fraction of sp³-hybridized carbons (Fsp3) is 0.675. The molecule has 472 valence electrons. The van der Waals surface area contributed by atoms with Crippen LogP contribution in [0.15, 0.2) is 134 Å². The Morgan fingerprint density at radius 2 is 0.482 bits per heavy atom. The van der Waals surface area contributed by atoms with Crippen LogP contribution in [0.1, 0.15) is 316 Å². The van der Waals surface area contributed by atoms with E-state index in [2.05, 4.69) is 154 Å².